The van der Waals surface area contributed by atoms with Crippen molar-refractivity contribution in [3.63, 3.8) is 0 Å². The summed E-state index contributed by atoms with van der Waals surface area (Å²) in [6, 6.07) is 18.7. The quantitative estimate of drug-likeness (QED) is 0.684. The van der Waals surface area contributed by atoms with E-state index in [1.165, 1.54) is 5.01 Å². The number of hydrogen-bond donors (Lipinski definition) is 0. The second-order valence-electron chi connectivity index (χ2n) is 6.53. The van der Waals surface area contributed by atoms with E-state index in [9.17, 15) is 4.79 Å². The molecule has 0 N–H and O–H groups in total. The molecule has 5 nitrogen and oxygen atoms in total. The number of ether oxygens (including phenoxy) is 1. The van der Waals surface area contributed by atoms with Crippen molar-refractivity contribution < 1.29 is 13.9 Å². The van der Waals surface area contributed by atoms with Gasteiger partial charge < -0.3 is 9.15 Å². The number of carbonyl (C=O) groups is 1. The van der Waals surface area contributed by atoms with Crippen molar-refractivity contribution in [1.82, 2.24) is 5.01 Å². The maximum atomic E-state index is 13.2. The predicted molar refractivity (Wildman–Crippen MR) is 103 cm³/mol. The third-order valence-corrected chi connectivity index (χ3v) is 4.66. The van der Waals surface area contributed by atoms with Crippen LogP contribution < -0.4 is 4.74 Å². The molecule has 4 rings (SSSR count). The highest BCUT2D eigenvalue weighted by Crippen LogP contribution is 2.34. The Bertz CT molecular complexity index is 992. The van der Waals surface area contributed by atoms with Crippen LogP contribution in [-0.2, 0) is 0 Å². The van der Waals surface area contributed by atoms with E-state index in [-0.39, 0.29) is 11.9 Å². The van der Waals surface area contributed by atoms with Crippen LogP contribution in [0.1, 0.15) is 39.7 Å². The lowest BCUT2D eigenvalue weighted by Gasteiger charge is -2.20. The molecular formula is C22H20N2O3. The highest BCUT2D eigenvalue weighted by atomic mass is 16.5. The number of carbonyl (C=O) groups excluding carboxylic acids is 1. The fraction of sp³-hybridized carbons (Fsp3) is 0.182. The number of amides is 1. The average molecular weight is 360 g/mol. The zero-order valence-electron chi connectivity index (χ0n) is 15.3. The third kappa shape index (κ3) is 3.36. The molecule has 0 fully saturated rings. The first-order chi connectivity index (χ1) is 13.2. The van der Waals surface area contributed by atoms with Gasteiger partial charge in [-0.3, -0.25) is 4.79 Å². The van der Waals surface area contributed by atoms with E-state index in [2.05, 4.69) is 5.10 Å². The standard InChI is InChI=1S/C22H20N2O3/c1-15-6-3-8-17(12-15)22(25)24-20(21-10-5-11-27-21)14-19(23-24)16-7-4-9-18(13-16)26-2/h3-13,20H,14H2,1-2H3/t20-/m1/s1. The van der Waals surface area contributed by atoms with Crippen LogP contribution in [0, 0.1) is 6.92 Å². The summed E-state index contributed by atoms with van der Waals surface area (Å²) in [7, 11) is 1.63. The Balaban J connectivity index is 1.72. The van der Waals surface area contributed by atoms with Gasteiger partial charge in [-0.05, 0) is 43.3 Å². The first kappa shape index (κ1) is 17.1. The summed E-state index contributed by atoms with van der Waals surface area (Å²) >= 11 is 0. The Kier molecular flexibility index (Phi) is 4.50. The molecule has 1 atom stereocenters. The van der Waals surface area contributed by atoms with Crippen LogP contribution in [0.15, 0.2) is 76.4 Å². The number of nitrogens with zero attached hydrogens (tertiary/aromatic N) is 2. The molecule has 0 saturated carbocycles. The van der Waals surface area contributed by atoms with Gasteiger partial charge in [-0.15, -0.1) is 0 Å². The molecule has 1 aliphatic rings. The van der Waals surface area contributed by atoms with Gasteiger partial charge in [0.25, 0.3) is 5.91 Å². The molecule has 3 aromatic rings. The topological polar surface area (TPSA) is 55.0 Å². The molecular weight excluding hydrogens is 340 g/mol. The Morgan fingerprint density at radius 1 is 1.15 bits per heavy atom. The van der Waals surface area contributed by atoms with Gasteiger partial charge in [0, 0.05) is 17.5 Å². The van der Waals surface area contributed by atoms with E-state index in [1.807, 2.05) is 67.6 Å². The predicted octanol–water partition coefficient (Wildman–Crippen LogP) is 4.59. The molecule has 5 heteroatoms. The van der Waals surface area contributed by atoms with E-state index in [4.69, 9.17) is 9.15 Å². The highest BCUT2D eigenvalue weighted by molar-refractivity contribution is 6.05. The highest BCUT2D eigenvalue weighted by Gasteiger charge is 2.35. The number of furan rings is 1. The number of rotatable bonds is 4. The lowest BCUT2D eigenvalue weighted by atomic mass is 10.0. The van der Waals surface area contributed by atoms with Crippen molar-refractivity contribution in [3.8, 4) is 5.75 Å². The summed E-state index contributed by atoms with van der Waals surface area (Å²) in [6.07, 6.45) is 2.20. The number of hydrazone groups is 1. The molecule has 1 amide bonds. The molecule has 0 aliphatic carbocycles. The maximum absolute atomic E-state index is 13.2. The molecule has 0 radical (unpaired) electrons. The summed E-state index contributed by atoms with van der Waals surface area (Å²) in [5.41, 5.74) is 3.41. The van der Waals surface area contributed by atoms with Crippen LogP contribution in [0.3, 0.4) is 0 Å². The average Bonchev–Trinajstić information content (AvgIpc) is 3.37. The molecule has 27 heavy (non-hydrogen) atoms. The number of hydrogen-bond acceptors (Lipinski definition) is 4. The molecule has 0 saturated heterocycles. The molecule has 1 aliphatic heterocycles. The minimum absolute atomic E-state index is 0.141. The van der Waals surface area contributed by atoms with Gasteiger partial charge in [-0.1, -0.05) is 29.8 Å². The minimum atomic E-state index is -0.269. The Labute approximate surface area is 157 Å². The normalized spacial score (nSPS) is 16.3. The molecule has 2 heterocycles. The van der Waals surface area contributed by atoms with Crippen LogP contribution in [0.25, 0.3) is 0 Å². The van der Waals surface area contributed by atoms with Gasteiger partial charge in [0.1, 0.15) is 17.6 Å². The Morgan fingerprint density at radius 3 is 2.74 bits per heavy atom. The summed E-state index contributed by atoms with van der Waals surface area (Å²) < 4.78 is 10.9. The fourth-order valence-electron chi connectivity index (χ4n) is 3.29. The van der Waals surface area contributed by atoms with Crippen molar-refractivity contribution in [1.29, 1.82) is 0 Å². The van der Waals surface area contributed by atoms with Crippen LogP contribution >= 0.6 is 0 Å². The summed E-state index contributed by atoms with van der Waals surface area (Å²) in [4.78, 5) is 13.2. The monoisotopic (exact) mass is 360 g/mol. The number of methoxy groups -OCH3 is 1. The van der Waals surface area contributed by atoms with E-state index < -0.39 is 0 Å². The second-order valence-corrected chi connectivity index (χ2v) is 6.53. The van der Waals surface area contributed by atoms with Crippen LogP contribution in [0.4, 0.5) is 0 Å². The number of aryl methyl sites for hydroxylation is 1. The third-order valence-electron chi connectivity index (χ3n) is 4.66. The van der Waals surface area contributed by atoms with Gasteiger partial charge in [0.05, 0.1) is 19.1 Å². The molecule has 1 aromatic heterocycles. The van der Waals surface area contributed by atoms with Gasteiger partial charge in [0.15, 0.2) is 0 Å². The Morgan fingerprint density at radius 2 is 2.00 bits per heavy atom. The number of benzene rings is 2. The van der Waals surface area contributed by atoms with E-state index in [0.29, 0.717) is 12.0 Å². The van der Waals surface area contributed by atoms with Crippen molar-refractivity contribution >= 4 is 11.6 Å². The van der Waals surface area contributed by atoms with Crippen molar-refractivity contribution in [2.75, 3.05) is 7.11 Å². The molecule has 0 unspecified atom stereocenters. The van der Waals surface area contributed by atoms with Crippen molar-refractivity contribution in [2.45, 2.75) is 19.4 Å². The summed E-state index contributed by atoms with van der Waals surface area (Å²) in [6.45, 7) is 1.97. The lowest BCUT2D eigenvalue weighted by Crippen LogP contribution is -2.26. The lowest BCUT2D eigenvalue weighted by molar-refractivity contribution is 0.0692. The minimum Gasteiger partial charge on any atom is -0.497 e. The zero-order valence-corrected chi connectivity index (χ0v) is 15.3. The van der Waals surface area contributed by atoms with E-state index in [1.54, 1.807) is 13.4 Å². The van der Waals surface area contributed by atoms with E-state index in [0.717, 1.165) is 28.3 Å². The Hall–Kier alpha value is -3.34. The molecule has 2 aromatic carbocycles. The van der Waals surface area contributed by atoms with Crippen LogP contribution in [0.2, 0.25) is 0 Å². The summed E-state index contributed by atoms with van der Waals surface area (Å²) in [5.74, 6) is 1.34. The van der Waals surface area contributed by atoms with Crippen LogP contribution in [-0.4, -0.2) is 23.7 Å². The first-order valence-electron chi connectivity index (χ1n) is 8.81. The van der Waals surface area contributed by atoms with Crippen molar-refractivity contribution in [2.24, 2.45) is 5.10 Å². The fourth-order valence-corrected chi connectivity index (χ4v) is 3.29. The van der Waals surface area contributed by atoms with Gasteiger partial charge in [-0.2, -0.15) is 5.10 Å². The van der Waals surface area contributed by atoms with Crippen molar-refractivity contribution in [3.05, 3.63) is 89.4 Å². The molecule has 0 spiro atoms. The van der Waals surface area contributed by atoms with E-state index >= 15 is 0 Å². The van der Waals surface area contributed by atoms with Gasteiger partial charge in [0.2, 0.25) is 0 Å². The van der Waals surface area contributed by atoms with Gasteiger partial charge in [-0.25, -0.2) is 5.01 Å². The molecule has 136 valence electrons. The summed E-state index contributed by atoms with van der Waals surface area (Å²) in [5, 5.41) is 6.19. The largest absolute Gasteiger partial charge is 0.497 e. The first-order valence-corrected chi connectivity index (χ1v) is 8.81. The van der Waals surface area contributed by atoms with Crippen LogP contribution in [0.5, 0.6) is 5.75 Å². The second kappa shape index (κ2) is 7.11. The molecule has 0 bridgehead atoms. The van der Waals surface area contributed by atoms with Gasteiger partial charge >= 0.3 is 0 Å². The SMILES string of the molecule is COc1cccc(C2=NN(C(=O)c3cccc(C)c3)[C@@H](c3ccco3)C2)c1. The zero-order chi connectivity index (χ0) is 18.8. The smallest absolute Gasteiger partial charge is 0.274 e. The maximum Gasteiger partial charge on any atom is 0.274 e.